The number of rotatable bonds is 6. The number of hydrogen-bond acceptors (Lipinski definition) is 5. The van der Waals surface area contributed by atoms with Crippen molar-refractivity contribution in [3.05, 3.63) is 40.3 Å². The van der Waals surface area contributed by atoms with Crippen molar-refractivity contribution in [3.63, 3.8) is 0 Å². The maximum absolute atomic E-state index is 5.95. The van der Waals surface area contributed by atoms with Crippen LogP contribution in [0.3, 0.4) is 0 Å². The molecule has 0 aliphatic rings. The summed E-state index contributed by atoms with van der Waals surface area (Å²) in [5.74, 6) is 1.53. The fourth-order valence-electron chi connectivity index (χ4n) is 1.84. The van der Waals surface area contributed by atoms with Crippen molar-refractivity contribution in [1.82, 2.24) is 10.3 Å². The first kappa shape index (κ1) is 15.8. The second-order valence-corrected chi connectivity index (χ2v) is 6.75. The monoisotopic (exact) mass is 306 g/mol. The van der Waals surface area contributed by atoms with Crippen molar-refractivity contribution in [3.8, 4) is 11.5 Å². The molecule has 1 N–H and O–H groups in total. The van der Waals surface area contributed by atoms with Gasteiger partial charge in [0.1, 0.15) is 11.6 Å². The molecule has 0 aliphatic carbocycles. The van der Waals surface area contributed by atoms with E-state index in [2.05, 4.69) is 37.1 Å². The molecule has 2 aromatic rings. The Morgan fingerprint density at radius 3 is 2.71 bits per heavy atom. The predicted octanol–water partition coefficient (Wildman–Crippen LogP) is 3.62. The van der Waals surface area contributed by atoms with Crippen LogP contribution in [-0.4, -0.2) is 17.6 Å². The zero-order chi connectivity index (χ0) is 15.3. The van der Waals surface area contributed by atoms with Gasteiger partial charge in [0.2, 0.25) is 0 Å². The zero-order valence-corrected chi connectivity index (χ0v) is 13.8. The van der Waals surface area contributed by atoms with Gasteiger partial charge in [-0.2, -0.15) is 0 Å². The number of aromatic nitrogens is 1. The van der Waals surface area contributed by atoms with Crippen LogP contribution in [0, 0.1) is 0 Å². The van der Waals surface area contributed by atoms with Crippen LogP contribution in [-0.2, 0) is 13.2 Å². The van der Waals surface area contributed by atoms with Crippen molar-refractivity contribution in [2.24, 2.45) is 0 Å². The standard InChI is InChI=1S/C16H22N2O2S/c1-16(2,3)18-10-12-6-5-7-13(19-4)15(12)20-11-14-17-8-9-21-14/h5-9,18H,10-11H2,1-4H3. The van der Waals surface area contributed by atoms with Crippen LogP contribution in [0.1, 0.15) is 31.3 Å². The minimum absolute atomic E-state index is 0.0512. The van der Waals surface area contributed by atoms with Gasteiger partial charge in [0.05, 0.1) is 7.11 Å². The van der Waals surface area contributed by atoms with Crippen LogP contribution in [0.15, 0.2) is 29.8 Å². The lowest BCUT2D eigenvalue weighted by molar-refractivity contribution is 0.278. The van der Waals surface area contributed by atoms with E-state index < -0.39 is 0 Å². The van der Waals surface area contributed by atoms with Crippen LogP contribution in [0.25, 0.3) is 0 Å². The second kappa shape index (κ2) is 6.91. The van der Waals surface area contributed by atoms with E-state index in [0.29, 0.717) is 6.61 Å². The van der Waals surface area contributed by atoms with E-state index in [1.165, 1.54) is 0 Å². The van der Waals surface area contributed by atoms with Crippen LogP contribution in [0.2, 0.25) is 0 Å². The van der Waals surface area contributed by atoms with Gasteiger partial charge in [-0.3, -0.25) is 0 Å². The average Bonchev–Trinajstić information content (AvgIpc) is 2.95. The smallest absolute Gasteiger partial charge is 0.166 e. The molecule has 114 valence electrons. The highest BCUT2D eigenvalue weighted by Gasteiger charge is 2.14. The number of benzene rings is 1. The van der Waals surface area contributed by atoms with E-state index in [1.807, 2.05) is 17.5 Å². The highest BCUT2D eigenvalue weighted by Crippen LogP contribution is 2.32. The van der Waals surface area contributed by atoms with E-state index in [9.17, 15) is 0 Å². The molecular weight excluding hydrogens is 284 g/mol. The number of ether oxygens (including phenoxy) is 2. The van der Waals surface area contributed by atoms with Gasteiger partial charge >= 0.3 is 0 Å². The number of para-hydroxylation sites is 1. The largest absolute Gasteiger partial charge is 0.493 e. The molecule has 1 heterocycles. The molecule has 0 saturated heterocycles. The summed E-state index contributed by atoms with van der Waals surface area (Å²) in [4.78, 5) is 4.24. The van der Waals surface area contributed by atoms with Gasteiger partial charge in [0.15, 0.2) is 11.5 Å². The van der Waals surface area contributed by atoms with E-state index in [4.69, 9.17) is 9.47 Å². The molecule has 0 fully saturated rings. The summed E-state index contributed by atoms with van der Waals surface area (Å²) in [6.07, 6.45) is 1.79. The zero-order valence-electron chi connectivity index (χ0n) is 13.0. The van der Waals surface area contributed by atoms with Crippen LogP contribution in [0.5, 0.6) is 11.5 Å². The third-order valence-electron chi connectivity index (χ3n) is 2.91. The van der Waals surface area contributed by atoms with Crippen molar-refractivity contribution >= 4 is 11.3 Å². The summed E-state index contributed by atoms with van der Waals surface area (Å²) in [6, 6.07) is 5.95. The Morgan fingerprint density at radius 2 is 2.10 bits per heavy atom. The third-order valence-corrected chi connectivity index (χ3v) is 3.67. The van der Waals surface area contributed by atoms with Gasteiger partial charge in [-0.1, -0.05) is 12.1 Å². The number of hydrogen-bond donors (Lipinski definition) is 1. The Hall–Kier alpha value is -1.59. The summed E-state index contributed by atoms with van der Waals surface area (Å²) in [7, 11) is 1.66. The fraction of sp³-hybridized carbons (Fsp3) is 0.438. The molecule has 0 bridgehead atoms. The summed E-state index contributed by atoms with van der Waals surface area (Å²) in [5, 5.41) is 6.38. The molecule has 5 heteroatoms. The van der Waals surface area contributed by atoms with E-state index >= 15 is 0 Å². The minimum atomic E-state index is 0.0512. The molecule has 4 nitrogen and oxygen atoms in total. The number of nitrogens with one attached hydrogen (secondary N) is 1. The molecule has 0 saturated carbocycles. The first-order chi connectivity index (χ1) is 9.99. The van der Waals surface area contributed by atoms with E-state index in [-0.39, 0.29) is 5.54 Å². The predicted molar refractivity (Wildman–Crippen MR) is 86.0 cm³/mol. The van der Waals surface area contributed by atoms with Gasteiger partial charge in [0, 0.05) is 29.2 Å². The molecular formula is C16H22N2O2S. The lowest BCUT2D eigenvalue weighted by atomic mass is 10.1. The van der Waals surface area contributed by atoms with Gasteiger partial charge in [-0.05, 0) is 26.8 Å². The number of nitrogens with zero attached hydrogens (tertiary/aromatic N) is 1. The molecule has 1 aromatic heterocycles. The van der Waals surface area contributed by atoms with Gasteiger partial charge in [-0.25, -0.2) is 4.98 Å². The molecule has 0 spiro atoms. The Bertz CT molecular complexity index is 562. The molecule has 0 atom stereocenters. The summed E-state index contributed by atoms with van der Waals surface area (Å²) in [5.41, 5.74) is 1.14. The average molecular weight is 306 g/mol. The summed E-state index contributed by atoms with van der Waals surface area (Å²) in [6.45, 7) is 7.62. The second-order valence-electron chi connectivity index (χ2n) is 5.77. The Labute approximate surface area is 130 Å². The SMILES string of the molecule is COc1cccc(CNC(C)(C)C)c1OCc1nccs1. The van der Waals surface area contributed by atoms with Gasteiger partial charge in [-0.15, -0.1) is 11.3 Å². The first-order valence-electron chi connectivity index (χ1n) is 6.91. The normalized spacial score (nSPS) is 11.4. The number of methoxy groups -OCH3 is 1. The maximum Gasteiger partial charge on any atom is 0.166 e. The van der Waals surface area contributed by atoms with Crippen LogP contribution in [0.4, 0.5) is 0 Å². The van der Waals surface area contributed by atoms with Crippen molar-refractivity contribution in [2.75, 3.05) is 7.11 Å². The summed E-state index contributed by atoms with van der Waals surface area (Å²) < 4.78 is 11.4. The van der Waals surface area contributed by atoms with Gasteiger partial charge < -0.3 is 14.8 Å². The molecule has 0 radical (unpaired) electrons. The van der Waals surface area contributed by atoms with Gasteiger partial charge in [0.25, 0.3) is 0 Å². The molecule has 2 rings (SSSR count). The summed E-state index contributed by atoms with van der Waals surface area (Å²) >= 11 is 1.59. The van der Waals surface area contributed by atoms with E-state index in [0.717, 1.165) is 28.6 Å². The number of thiazole rings is 1. The van der Waals surface area contributed by atoms with Crippen molar-refractivity contribution in [1.29, 1.82) is 0 Å². The molecule has 21 heavy (non-hydrogen) atoms. The molecule has 0 unspecified atom stereocenters. The Kier molecular flexibility index (Phi) is 5.20. The quantitative estimate of drug-likeness (QED) is 0.885. The van der Waals surface area contributed by atoms with Crippen LogP contribution >= 0.6 is 11.3 Å². The van der Waals surface area contributed by atoms with Crippen molar-refractivity contribution < 1.29 is 9.47 Å². The maximum atomic E-state index is 5.95. The Morgan fingerprint density at radius 1 is 1.29 bits per heavy atom. The lowest BCUT2D eigenvalue weighted by Crippen LogP contribution is -2.35. The van der Waals surface area contributed by atoms with Crippen LogP contribution < -0.4 is 14.8 Å². The molecule has 1 aromatic carbocycles. The highest BCUT2D eigenvalue weighted by molar-refractivity contribution is 7.09. The third kappa shape index (κ3) is 4.72. The topological polar surface area (TPSA) is 43.4 Å². The lowest BCUT2D eigenvalue weighted by Gasteiger charge is -2.22. The molecule has 0 amide bonds. The fourth-order valence-corrected chi connectivity index (χ4v) is 2.37. The Balaban J connectivity index is 2.15. The molecule has 0 aliphatic heterocycles. The highest BCUT2D eigenvalue weighted by atomic mass is 32.1. The minimum Gasteiger partial charge on any atom is -0.493 e. The van der Waals surface area contributed by atoms with Crippen molar-refractivity contribution in [2.45, 2.75) is 39.5 Å². The first-order valence-corrected chi connectivity index (χ1v) is 7.79. The van der Waals surface area contributed by atoms with E-state index in [1.54, 1.807) is 24.6 Å².